The van der Waals surface area contributed by atoms with Crippen LogP contribution in [0.25, 0.3) is 0 Å². The van der Waals surface area contributed by atoms with E-state index in [1.54, 1.807) is 0 Å². The van der Waals surface area contributed by atoms with Crippen LogP contribution in [0.15, 0.2) is 0 Å². The molecule has 0 bridgehead atoms. The molecule has 0 aliphatic carbocycles. The smallest absolute Gasteiger partial charge is 0.0977 e. The zero-order valence-electron chi connectivity index (χ0n) is 16.6. The van der Waals surface area contributed by atoms with Gasteiger partial charge in [0.25, 0.3) is 0 Å². The first-order chi connectivity index (χ1) is 10.1. The van der Waals surface area contributed by atoms with Gasteiger partial charge in [0.2, 0.25) is 0 Å². The van der Waals surface area contributed by atoms with Crippen LogP contribution in [-0.4, -0.2) is 16.5 Å². The van der Waals surface area contributed by atoms with Crippen LogP contribution in [0.1, 0.15) is 113 Å². The molecule has 22 heavy (non-hydrogen) atoms. The van der Waals surface area contributed by atoms with Gasteiger partial charge in [-0.2, -0.15) is 0 Å². The Bertz CT molecular complexity index is 302. The number of rotatable bonds is 11. The minimum absolute atomic E-state index is 0.0650. The van der Waals surface area contributed by atoms with Gasteiger partial charge in [-0.3, -0.25) is 0 Å². The fraction of sp³-hybridized carbons (Fsp3) is 1.00. The Balaban J connectivity index is 3.91. The summed E-state index contributed by atoms with van der Waals surface area (Å²) in [5.41, 5.74) is 0. The molecule has 0 atom stereocenters. The molecule has 0 aromatic rings. The van der Waals surface area contributed by atoms with Crippen molar-refractivity contribution >= 4 is 7.14 Å². The summed E-state index contributed by atoms with van der Waals surface area (Å²) < 4.78 is 13.5. The highest BCUT2D eigenvalue weighted by Crippen LogP contribution is 2.67. The molecule has 0 rings (SSSR count). The Hall–Kier alpha value is 0.230. The maximum absolute atomic E-state index is 13.5. The van der Waals surface area contributed by atoms with E-state index in [1.807, 2.05) is 0 Å². The molecule has 134 valence electrons. The second kappa shape index (κ2) is 10.2. The zero-order valence-corrected chi connectivity index (χ0v) is 17.5. The molecule has 0 saturated carbocycles. The second-order valence-electron chi connectivity index (χ2n) is 8.99. The van der Waals surface area contributed by atoms with Gasteiger partial charge in [-0.1, -0.05) is 106 Å². The van der Waals surface area contributed by atoms with Gasteiger partial charge in [0.1, 0.15) is 0 Å². The van der Waals surface area contributed by atoms with Gasteiger partial charge in [0, 0.05) is 16.5 Å². The lowest BCUT2D eigenvalue weighted by Gasteiger charge is -2.41. The van der Waals surface area contributed by atoms with Crippen molar-refractivity contribution in [1.29, 1.82) is 0 Å². The highest BCUT2D eigenvalue weighted by atomic mass is 31.2. The lowest BCUT2D eigenvalue weighted by Crippen LogP contribution is -2.30. The van der Waals surface area contributed by atoms with Crippen LogP contribution in [0, 0.1) is 0 Å². The number of hydrogen-bond donors (Lipinski definition) is 0. The molecule has 0 heterocycles. The fourth-order valence-electron chi connectivity index (χ4n) is 3.50. The van der Waals surface area contributed by atoms with Crippen LogP contribution in [0.4, 0.5) is 0 Å². The van der Waals surface area contributed by atoms with E-state index in [2.05, 4.69) is 48.5 Å². The first-order valence-electron chi connectivity index (χ1n) is 9.65. The quantitative estimate of drug-likeness (QED) is 0.278. The average Bonchev–Trinajstić information content (AvgIpc) is 2.38. The third-order valence-corrected chi connectivity index (χ3v) is 10.3. The van der Waals surface area contributed by atoms with Crippen molar-refractivity contribution in [3.63, 3.8) is 0 Å². The predicted molar refractivity (Wildman–Crippen MR) is 104 cm³/mol. The van der Waals surface area contributed by atoms with E-state index in [0.29, 0.717) is 0 Å². The Morgan fingerprint density at radius 1 is 0.591 bits per heavy atom. The van der Waals surface area contributed by atoms with Crippen LogP contribution in [-0.2, 0) is 4.57 Å². The van der Waals surface area contributed by atoms with E-state index in [1.165, 1.54) is 57.8 Å². The van der Waals surface area contributed by atoms with E-state index >= 15 is 0 Å². The van der Waals surface area contributed by atoms with Crippen LogP contribution >= 0.6 is 7.14 Å². The van der Waals surface area contributed by atoms with Crippen molar-refractivity contribution in [2.75, 3.05) is 6.16 Å². The minimum Gasteiger partial charge on any atom is -0.322 e. The third-order valence-electron chi connectivity index (χ3n) is 4.99. The summed E-state index contributed by atoms with van der Waals surface area (Å²) in [4.78, 5) is 0. The standard InChI is InChI=1S/C20H43OP/c1-8-9-10-11-12-13-14-15-16-17-18-22(21,19(2,3)4)20(5,6)7/h8-18H2,1-7H3. The molecule has 2 heteroatoms. The largest absolute Gasteiger partial charge is 0.322 e. The van der Waals surface area contributed by atoms with Crippen molar-refractivity contribution < 1.29 is 4.57 Å². The predicted octanol–water partition coefficient (Wildman–Crippen LogP) is 7.87. The van der Waals surface area contributed by atoms with E-state index in [-0.39, 0.29) is 10.3 Å². The van der Waals surface area contributed by atoms with Gasteiger partial charge in [-0.05, 0) is 6.42 Å². The molecule has 0 radical (unpaired) electrons. The Labute approximate surface area is 141 Å². The van der Waals surface area contributed by atoms with Crippen LogP contribution in [0.5, 0.6) is 0 Å². The summed E-state index contributed by atoms with van der Waals surface area (Å²) in [5.74, 6) is 0. The van der Waals surface area contributed by atoms with Gasteiger partial charge in [0.15, 0.2) is 0 Å². The van der Waals surface area contributed by atoms with Crippen molar-refractivity contribution in [2.24, 2.45) is 0 Å². The summed E-state index contributed by atoms with van der Waals surface area (Å²) in [6.45, 7) is 15.2. The summed E-state index contributed by atoms with van der Waals surface area (Å²) >= 11 is 0. The van der Waals surface area contributed by atoms with Gasteiger partial charge < -0.3 is 4.57 Å². The second-order valence-corrected chi connectivity index (χ2v) is 13.6. The monoisotopic (exact) mass is 330 g/mol. The molecule has 0 aliphatic rings. The SMILES string of the molecule is CCCCCCCCCCCCP(=O)(C(C)(C)C)C(C)(C)C. The van der Waals surface area contributed by atoms with Crippen molar-refractivity contribution in [2.45, 2.75) is 123 Å². The highest BCUT2D eigenvalue weighted by Gasteiger charge is 2.45. The first kappa shape index (κ1) is 22.2. The normalized spacial score (nSPS) is 13.6. The molecule has 0 N–H and O–H groups in total. The molecule has 0 aromatic heterocycles. The average molecular weight is 331 g/mol. The molecule has 0 unspecified atom stereocenters. The molecular formula is C20H43OP. The van der Waals surface area contributed by atoms with Gasteiger partial charge >= 0.3 is 0 Å². The minimum atomic E-state index is -2.16. The first-order valence-corrected chi connectivity index (χ1v) is 11.5. The van der Waals surface area contributed by atoms with Gasteiger partial charge in [-0.25, -0.2) is 0 Å². The van der Waals surface area contributed by atoms with Gasteiger partial charge in [0.05, 0.1) is 7.14 Å². The zero-order chi connectivity index (χ0) is 17.3. The van der Waals surface area contributed by atoms with Crippen molar-refractivity contribution in [3.8, 4) is 0 Å². The maximum Gasteiger partial charge on any atom is 0.0977 e. The van der Waals surface area contributed by atoms with Crippen LogP contribution in [0.2, 0.25) is 0 Å². The Kier molecular flexibility index (Phi) is 10.3. The fourth-order valence-corrected chi connectivity index (χ4v) is 7.52. The van der Waals surface area contributed by atoms with Crippen molar-refractivity contribution in [3.05, 3.63) is 0 Å². The van der Waals surface area contributed by atoms with E-state index in [4.69, 9.17) is 0 Å². The van der Waals surface area contributed by atoms with Gasteiger partial charge in [-0.15, -0.1) is 0 Å². The van der Waals surface area contributed by atoms with E-state index in [0.717, 1.165) is 12.6 Å². The lowest BCUT2D eigenvalue weighted by molar-refractivity contribution is 0.511. The van der Waals surface area contributed by atoms with Crippen LogP contribution in [0.3, 0.4) is 0 Å². The topological polar surface area (TPSA) is 17.1 Å². The van der Waals surface area contributed by atoms with Crippen LogP contribution < -0.4 is 0 Å². The molecule has 0 fully saturated rings. The molecule has 0 aromatic carbocycles. The molecule has 0 spiro atoms. The molecular weight excluding hydrogens is 287 g/mol. The number of hydrogen-bond acceptors (Lipinski definition) is 1. The lowest BCUT2D eigenvalue weighted by atomic mass is 10.1. The molecule has 0 amide bonds. The molecule has 0 saturated heterocycles. The van der Waals surface area contributed by atoms with Crippen molar-refractivity contribution in [1.82, 2.24) is 0 Å². The summed E-state index contributed by atoms with van der Waals surface area (Å²) in [6.07, 6.45) is 14.4. The highest BCUT2D eigenvalue weighted by molar-refractivity contribution is 7.66. The Morgan fingerprint density at radius 3 is 1.23 bits per heavy atom. The number of unbranched alkanes of at least 4 members (excludes halogenated alkanes) is 9. The third kappa shape index (κ3) is 7.67. The van der Waals surface area contributed by atoms with E-state index < -0.39 is 7.14 Å². The molecule has 0 aliphatic heterocycles. The summed E-state index contributed by atoms with van der Waals surface area (Å²) in [6, 6.07) is 0. The molecule has 1 nitrogen and oxygen atoms in total. The summed E-state index contributed by atoms with van der Waals surface area (Å²) in [7, 11) is -2.16. The maximum atomic E-state index is 13.5. The van der Waals surface area contributed by atoms with E-state index in [9.17, 15) is 4.57 Å². The Morgan fingerprint density at radius 2 is 0.909 bits per heavy atom. The summed E-state index contributed by atoms with van der Waals surface area (Å²) in [5, 5.41) is -0.130.